The first-order valence-corrected chi connectivity index (χ1v) is 10.5. The van der Waals surface area contributed by atoms with E-state index in [1.807, 2.05) is 59.5 Å². The minimum atomic E-state index is 0.0993. The molecule has 0 aliphatic carbocycles. The third kappa shape index (κ3) is 5.26. The normalized spacial score (nSPS) is 14.5. The lowest BCUT2D eigenvalue weighted by Gasteiger charge is -2.36. The maximum atomic E-state index is 12.5. The molecule has 0 bridgehead atoms. The predicted octanol–water partition coefficient (Wildman–Crippen LogP) is 3.68. The Hall–Kier alpha value is -3.06. The van der Waals surface area contributed by atoms with E-state index >= 15 is 0 Å². The number of hydrogen-bond acceptors (Lipinski definition) is 6. The summed E-state index contributed by atoms with van der Waals surface area (Å²) in [5.41, 5.74) is 2.26. The van der Waals surface area contributed by atoms with E-state index in [1.165, 1.54) is 17.4 Å². The molecule has 7 heteroatoms. The molecule has 29 heavy (non-hydrogen) atoms. The van der Waals surface area contributed by atoms with Crippen LogP contribution in [0.3, 0.4) is 0 Å². The number of rotatable bonds is 6. The minimum absolute atomic E-state index is 0.0993. The molecular formula is C22H22N4O2S. The van der Waals surface area contributed by atoms with Crippen LogP contribution in [0.1, 0.15) is 11.5 Å². The highest BCUT2D eigenvalue weighted by atomic mass is 32.2. The summed E-state index contributed by atoms with van der Waals surface area (Å²) in [5, 5.41) is 8.43. The number of aromatic nitrogens is 2. The number of anilines is 1. The van der Waals surface area contributed by atoms with Crippen LogP contribution in [0.5, 0.6) is 0 Å². The lowest BCUT2D eigenvalue weighted by Crippen LogP contribution is -2.49. The molecule has 1 fully saturated rings. The maximum absolute atomic E-state index is 12.5. The molecular weight excluding hydrogens is 384 g/mol. The number of thioether (sulfide) groups is 1. The van der Waals surface area contributed by atoms with Crippen LogP contribution >= 0.6 is 11.8 Å². The molecule has 6 nitrogen and oxygen atoms in total. The first-order chi connectivity index (χ1) is 14.3. The molecule has 148 valence electrons. The molecule has 0 radical (unpaired) electrons. The molecule has 1 aliphatic rings. The van der Waals surface area contributed by atoms with Gasteiger partial charge in [-0.25, -0.2) is 0 Å². The summed E-state index contributed by atoms with van der Waals surface area (Å²) in [5.74, 6) is 0.831. The van der Waals surface area contributed by atoms with E-state index in [9.17, 15) is 4.79 Å². The zero-order valence-corrected chi connectivity index (χ0v) is 16.8. The van der Waals surface area contributed by atoms with Gasteiger partial charge in [0.15, 0.2) is 0 Å². The zero-order valence-electron chi connectivity index (χ0n) is 16.0. The molecule has 1 amide bonds. The highest BCUT2D eigenvalue weighted by Gasteiger charge is 2.21. The van der Waals surface area contributed by atoms with Gasteiger partial charge in [-0.2, -0.15) is 0 Å². The number of carbonyl (C=O) groups excluding carboxylic acids is 1. The van der Waals surface area contributed by atoms with E-state index in [4.69, 9.17) is 4.42 Å². The number of benzene rings is 2. The van der Waals surface area contributed by atoms with Gasteiger partial charge in [0, 0.05) is 37.9 Å². The lowest BCUT2D eigenvalue weighted by molar-refractivity contribution is -0.128. The summed E-state index contributed by atoms with van der Waals surface area (Å²) >= 11 is 1.28. The molecule has 0 N–H and O–H groups in total. The van der Waals surface area contributed by atoms with E-state index in [1.54, 1.807) is 6.08 Å². The topological polar surface area (TPSA) is 62.5 Å². The fraction of sp³-hybridized carbons (Fsp3) is 0.227. The van der Waals surface area contributed by atoms with Crippen LogP contribution < -0.4 is 4.90 Å². The summed E-state index contributed by atoms with van der Waals surface area (Å²) in [6.45, 7) is 3.14. The summed E-state index contributed by atoms with van der Waals surface area (Å²) in [4.78, 5) is 16.7. The molecule has 2 aromatic carbocycles. The van der Waals surface area contributed by atoms with Gasteiger partial charge in [-0.1, -0.05) is 60.3 Å². The largest absolute Gasteiger partial charge is 0.412 e. The Labute approximate surface area is 174 Å². The summed E-state index contributed by atoms with van der Waals surface area (Å²) in [6, 6.07) is 20.2. The van der Waals surface area contributed by atoms with Gasteiger partial charge in [-0.15, -0.1) is 10.2 Å². The Morgan fingerprint density at radius 1 is 0.931 bits per heavy atom. The van der Waals surface area contributed by atoms with Crippen molar-refractivity contribution < 1.29 is 9.21 Å². The monoisotopic (exact) mass is 406 g/mol. The molecule has 3 aromatic rings. The number of para-hydroxylation sites is 1. The fourth-order valence-corrected chi connectivity index (χ4v) is 3.82. The van der Waals surface area contributed by atoms with E-state index in [0.717, 1.165) is 31.7 Å². The van der Waals surface area contributed by atoms with Crippen molar-refractivity contribution in [2.24, 2.45) is 0 Å². The SMILES string of the molecule is O=C(CSc1nnc(/C=C/c2ccccc2)o1)N1CCN(c2ccccc2)CC1. The summed E-state index contributed by atoms with van der Waals surface area (Å²) in [6.07, 6.45) is 3.69. The average molecular weight is 407 g/mol. The van der Waals surface area contributed by atoms with Crippen LogP contribution in [0.15, 0.2) is 70.3 Å². The van der Waals surface area contributed by atoms with Crippen molar-refractivity contribution in [3.05, 3.63) is 72.1 Å². The van der Waals surface area contributed by atoms with Gasteiger partial charge >= 0.3 is 0 Å². The Morgan fingerprint density at radius 2 is 1.62 bits per heavy atom. The number of carbonyl (C=O) groups is 1. The van der Waals surface area contributed by atoms with Gasteiger partial charge in [0.2, 0.25) is 11.8 Å². The molecule has 1 aliphatic heterocycles. The molecule has 0 unspecified atom stereocenters. The predicted molar refractivity (Wildman–Crippen MR) is 116 cm³/mol. The van der Waals surface area contributed by atoms with Crippen molar-refractivity contribution in [1.82, 2.24) is 15.1 Å². The number of piperazine rings is 1. The third-order valence-corrected chi connectivity index (χ3v) is 5.52. The van der Waals surface area contributed by atoms with Crippen molar-refractivity contribution in [3.8, 4) is 0 Å². The second-order valence-corrected chi connectivity index (χ2v) is 7.57. The number of hydrogen-bond donors (Lipinski definition) is 0. The Morgan fingerprint density at radius 3 is 2.34 bits per heavy atom. The van der Waals surface area contributed by atoms with E-state index in [2.05, 4.69) is 27.2 Å². The number of nitrogens with zero attached hydrogens (tertiary/aromatic N) is 4. The lowest BCUT2D eigenvalue weighted by atomic mass is 10.2. The third-order valence-electron chi connectivity index (χ3n) is 4.71. The van der Waals surface area contributed by atoms with E-state index < -0.39 is 0 Å². The van der Waals surface area contributed by atoms with Gasteiger partial charge < -0.3 is 14.2 Å². The van der Waals surface area contributed by atoms with Crippen LogP contribution in [0.25, 0.3) is 12.2 Å². The van der Waals surface area contributed by atoms with Crippen molar-refractivity contribution >= 4 is 35.5 Å². The number of amides is 1. The van der Waals surface area contributed by atoms with Crippen molar-refractivity contribution in [2.75, 3.05) is 36.8 Å². The van der Waals surface area contributed by atoms with E-state index in [0.29, 0.717) is 16.9 Å². The maximum Gasteiger partial charge on any atom is 0.277 e. The molecule has 2 heterocycles. The van der Waals surface area contributed by atoms with Gasteiger partial charge in [-0.3, -0.25) is 4.79 Å². The van der Waals surface area contributed by atoms with Crippen LogP contribution in [-0.4, -0.2) is 52.9 Å². The van der Waals surface area contributed by atoms with Gasteiger partial charge in [0.25, 0.3) is 5.22 Å². The van der Waals surface area contributed by atoms with Crippen LogP contribution in [-0.2, 0) is 4.79 Å². The molecule has 0 saturated carbocycles. The average Bonchev–Trinajstić information content (AvgIpc) is 3.25. The first-order valence-electron chi connectivity index (χ1n) is 9.55. The van der Waals surface area contributed by atoms with Crippen molar-refractivity contribution in [1.29, 1.82) is 0 Å². The van der Waals surface area contributed by atoms with Gasteiger partial charge in [0.1, 0.15) is 0 Å². The minimum Gasteiger partial charge on any atom is -0.412 e. The highest BCUT2D eigenvalue weighted by Crippen LogP contribution is 2.20. The Kier molecular flexibility index (Phi) is 6.26. The Bertz CT molecular complexity index is 951. The second kappa shape index (κ2) is 9.43. The first kappa shape index (κ1) is 19.3. The highest BCUT2D eigenvalue weighted by molar-refractivity contribution is 7.99. The molecule has 0 atom stereocenters. The van der Waals surface area contributed by atoms with E-state index in [-0.39, 0.29) is 5.91 Å². The Balaban J connectivity index is 1.24. The van der Waals surface area contributed by atoms with Gasteiger partial charge in [0.05, 0.1) is 5.75 Å². The standard InChI is InChI=1S/C22H22N4O2S/c27-21(26-15-13-25(14-16-26)19-9-5-2-6-10-19)17-29-22-24-23-20(28-22)12-11-18-7-3-1-4-8-18/h1-12H,13-17H2/b12-11+. The fourth-order valence-electron chi connectivity index (χ4n) is 3.15. The summed E-state index contributed by atoms with van der Waals surface area (Å²) < 4.78 is 5.59. The van der Waals surface area contributed by atoms with Crippen molar-refractivity contribution in [2.45, 2.75) is 5.22 Å². The van der Waals surface area contributed by atoms with Crippen LogP contribution in [0, 0.1) is 0 Å². The molecule has 0 spiro atoms. The van der Waals surface area contributed by atoms with Crippen LogP contribution in [0.4, 0.5) is 5.69 Å². The van der Waals surface area contributed by atoms with Gasteiger partial charge in [-0.05, 0) is 23.8 Å². The smallest absolute Gasteiger partial charge is 0.277 e. The van der Waals surface area contributed by atoms with Crippen molar-refractivity contribution in [3.63, 3.8) is 0 Å². The molecule has 1 aromatic heterocycles. The second-order valence-electron chi connectivity index (χ2n) is 6.64. The quantitative estimate of drug-likeness (QED) is 0.582. The zero-order chi connectivity index (χ0) is 19.9. The van der Waals surface area contributed by atoms with Crippen LogP contribution in [0.2, 0.25) is 0 Å². The summed E-state index contributed by atoms with van der Waals surface area (Å²) in [7, 11) is 0. The molecule has 1 saturated heterocycles. The molecule has 4 rings (SSSR count).